The standard InChI is InChI=1S/C24H20FIN4O6/c1-2-35-21-12-15(13-27-29-24(32)16-3-9-19(10-4-16)30(33)34)11-20(26)23(21)36-14-22(31)28-18-7-5-17(25)6-8-18/h3-13H,2,14H2,1H3,(H,28,31)(H,29,32)/b27-13+. The third-order valence-electron chi connectivity index (χ3n) is 4.53. The quantitative estimate of drug-likeness (QED) is 0.151. The van der Waals surface area contributed by atoms with Crippen LogP contribution in [-0.4, -0.2) is 36.2 Å². The molecule has 0 aliphatic heterocycles. The molecule has 0 radical (unpaired) electrons. The zero-order valence-electron chi connectivity index (χ0n) is 18.9. The minimum absolute atomic E-state index is 0.122. The van der Waals surface area contributed by atoms with Gasteiger partial charge in [0.05, 0.1) is 21.3 Å². The van der Waals surface area contributed by atoms with Gasteiger partial charge in [0, 0.05) is 23.4 Å². The summed E-state index contributed by atoms with van der Waals surface area (Å²) in [5, 5.41) is 17.3. The van der Waals surface area contributed by atoms with Crippen LogP contribution in [0, 0.1) is 19.5 Å². The molecule has 0 saturated heterocycles. The molecule has 0 fully saturated rings. The highest BCUT2D eigenvalue weighted by Gasteiger charge is 2.14. The lowest BCUT2D eigenvalue weighted by atomic mass is 10.2. The number of carbonyl (C=O) groups is 2. The molecular weight excluding hydrogens is 586 g/mol. The Morgan fingerprint density at radius 1 is 1.11 bits per heavy atom. The number of nitrogens with one attached hydrogen (secondary N) is 2. The van der Waals surface area contributed by atoms with Crippen molar-refractivity contribution in [3.63, 3.8) is 0 Å². The van der Waals surface area contributed by atoms with E-state index in [4.69, 9.17) is 9.47 Å². The number of anilines is 1. The van der Waals surface area contributed by atoms with E-state index < -0.39 is 22.6 Å². The molecule has 36 heavy (non-hydrogen) atoms. The lowest BCUT2D eigenvalue weighted by Crippen LogP contribution is -2.20. The third kappa shape index (κ3) is 7.46. The van der Waals surface area contributed by atoms with Gasteiger partial charge in [-0.25, -0.2) is 9.82 Å². The average Bonchev–Trinajstić information content (AvgIpc) is 2.85. The van der Waals surface area contributed by atoms with Crippen molar-refractivity contribution in [2.45, 2.75) is 6.92 Å². The van der Waals surface area contributed by atoms with Crippen molar-refractivity contribution in [2.24, 2.45) is 5.10 Å². The summed E-state index contributed by atoms with van der Waals surface area (Å²) in [7, 11) is 0. The van der Waals surface area contributed by atoms with Crippen LogP contribution in [0.25, 0.3) is 0 Å². The molecule has 10 nitrogen and oxygen atoms in total. The zero-order chi connectivity index (χ0) is 26.1. The molecule has 2 amide bonds. The summed E-state index contributed by atoms with van der Waals surface area (Å²) >= 11 is 2.03. The Morgan fingerprint density at radius 3 is 2.44 bits per heavy atom. The predicted octanol–water partition coefficient (Wildman–Crippen LogP) is 4.52. The molecule has 0 unspecified atom stereocenters. The number of amides is 2. The maximum absolute atomic E-state index is 13.0. The molecule has 0 bridgehead atoms. The first-order chi connectivity index (χ1) is 17.3. The molecule has 0 aliphatic carbocycles. The fourth-order valence-electron chi connectivity index (χ4n) is 2.90. The van der Waals surface area contributed by atoms with Crippen molar-refractivity contribution in [2.75, 3.05) is 18.5 Å². The molecule has 0 saturated carbocycles. The van der Waals surface area contributed by atoms with Gasteiger partial charge in [-0.3, -0.25) is 19.7 Å². The number of carbonyl (C=O) groups excluding carboxylic acids is 2. The zero-order valence-corrected chi connectivity index (χ0v) is 21.0. The molecule has 0 aromatic heterocycles. The van der Waals surface area contributed by atoms with E-state index >= 15 is 0 Å². The summed E-state index contributed by atoms with van der Waals surface area (Å²) in [6.07, 6.45) is 1.40. The van der Waals surface area contributed by atoms with E-state index in [9.17, 15) is 24.1 Å². The molecule has 186 valence electrons. The van der Waals surface area contributed by atoms with Crippen molar-refractivity contribution < 1.29 is 28.4 Å². The van der Waals surface area contributed by atoms with E-state index in [1.54, 1.807) is 19.1 Å². The fourth-order valence-corrected chi connectivity index (χ4v) is 3.68. The van der Waals surface area contributed by atoms with Crippen LogP contribution in [0.2, 0.25) is 0 Å². The number of hydrogen-bond donors (Lipinski definition) is 2. The second-order valence-electron chi connectivity index (χ2n) is 7.11. The van der Waals surface area contributed by atoms with Gasteiger partial charge in [0.15, 0.2) is 18.1 Å². The molecule has 0 heterocycles. The number of hydrogen-bond acceptors (Lipinski definition) is 7. The minimum atomic E-state index is -0.553. The summed E-state index contributed by atoms with van der Waals surface area (Å²) in [6, 6.07) is 13.8. The smallest absolute Gasteiger partial charge is 0.271 e. The van der Waals surface area contributed by atoms with Gasteiger partial charge in [-0.15, -0.1) is 0 Å². The molecule has 3 aromatic carbocycles. The highest BCUT2D eigenvalue weighted by molar-refractivity contribution is 14.1. The van der Waals surface area contributed by atoms with Gasteiger partial charge in [-0.2, -0.15) is 5.10 Å². The first-order valence-corrected chi connectivity index (χ1v) is 11.6. The number of benzene rings is 3. The Morgan fingerprint density at radius 2 is 1.81 bits per heavy atom. The summed E-state index contributed by atoms with van der Waals surface area (Å²) in [5.41, 5.74) is 3.48. The van der Waals surface area contributed by atoms with Gasteiger partial charge in [-0.1, -0.05) is 0 Å². The van der Waals surface area contributed by atoms with Gasteiger partial charge in [0.2, 0.25) is 0 Å². The van der Waals surface area contributed by atoms with Gasteiger partial charge in [0.25, 0.3) is 17.5 Å². The molecule has 0 aliphatic rings. The molecule has 0 spiro atoms. The fraction of sp³-hybridized carbons (Fsp3) is 0.125. The lowest BCUT2D eigenvalue weighted by Gasteiger charge is -2.14. The van der Waals surface area contributed by atoms with Crippen LogP contribution in [-0.2, 0) is 4.79 Å². The molecular formula is C24H20FIN4O6. The second kappa shape index (κ2) is 12.6. The maximum Gasteiger partial charge on any atom is 0.271 e. The normalized spacial score (nSPS) is 10.6. The van der Waals surface area contributed by atoms with Crippen LogP contribution >= 0.6 is 22.6 Å². The highest BCUT2D eigenvalue weighted by atomic mass is 127. The van der Waals surface area contributed by atoms with E-state index in [0.717, 1.165) is 0 Å². The van der Waals surface area contributed by atoms with Crippen LogP contribution < -0.4 is 20.2 Å². The van der Waals surface area contributed by atoms with Crippen LogP contribution in [0.15, 0.2) is 65.8 Å². The minimum Gasteiger partial charge on any atom is -0.490 e. The summed E-state index contributed by atoms with van der Waals surface area (Å²) in [6.45, 7) is 1.83. The van der Waals surface area contributed by atoms with Crippen molar-refractivity contribution in [1.82, 2.24) is 5.43 Å². The van der Waals surface area contributed by atoms with E-state index in [0.29, 0.717) is 32.9 Å². The number of halogens is 2. The van der Waals surface area contributed by atoms with Gasteiger partial charge in [-0.05, 0) is 83.6 Å². The summed E-state index contributed by atoms with van der Waals surface area (Å²) in [4.78, 5) is 34.6. The van der Waals surface area contributed by atoms with Crippen LogP contribution in [0.5, 0.6) is 11.5 Å². The van der Waals surface area contributed by atoms with Gasteiger partial charge >= 0.3 is 0 Å². The van der Waals surface area contributed by atoms with Crippen LogP contribution in [0.4, 0.5) is 15.8 Å². The second-order valence-corrected chi connectivity index (χ2v) is 8.27. The number of nitro benzene ring substituents is 1. The Labute approximate surface area is 218 Å². The highest BCUT2D eigenvalue weighted by Crippen LogP contribution is 2.34. The Hall–Kier alpha value is -4.07. The van der Waals surface area contributed by atoms with Crippen molar-refractivity contribution in [1.29, 1.82) is 0 Å². The SMILES string of the molecule is CCOc1cc(/C=N/NC(=O)c2ccc([N+](=O)[O-])cc2)cc(I)c1OCC(=O)Nc1ccc(F)cc1. The summed E-state index contributed by atoms with van der Waals surface area (Å²) in [5.74, 6) is -0.636. The molecule has 2 N–H and O–H groups in total. The first-order valence-electron chi connectivity index (χ1n) is 10.5. The number of ether oxygens (including phenoxy) is 2. The van der Waals surface area contributed by atoms with Gasteiger partial charge < -0.3 is 14.8 Å². The van der Waals surface area contributed by atoms with Crippen molar-refractivity contribution in [3.05, 3.63) is 91.3 Å². The lowest BCUT2D eigenvalue weighted by molar-refractivity contribution is -0.384. The predicted molar refractivity (Wildman–Crippen MR) is 139 cm³/mol. The van der Waals surface area contributed by atoms with E-state index in [2.05, 4.69) is 15.8 Å². The molecule has 3 aromatic rings. The van der Waals surface area contributed by atoms with E-state index in [1.807, 2.05) is 22.6 Å². The number of nitro groups is 1. The van der Waals surface area contributed by atoms with Gasteiger partial charge in [0.1, 0.15) is 5.82 Å². The first kappa shape index (κ1) is 26.5. The van der Waals surface area contributed by atoms with E-state index in [1.165, 1.54) is 54.7 Å². The average molecular weight is 606 g/mol. The Balaban J connectivity index is 1.64. The number of non-ortho nitro benzene ring substituents is 1. The Bertz CT molecular complexity index is 1280. The molecule has 12 heteroatoms. The number of nitrogens with zero attached hydrogens (tertiary/aromatic N) is 2. The third-order valence-corrected chi connectivity index (χ3v) is 5.33. The topological polar surface area (TPSA) is 132 Å². The van der Waals surface area contributed by atoms with Crippen molar-refractivity contribution >= 4 is 52.0 Å². The largest absolute Gasteiger partial charge is 0.490 e. The monoisotopic (exact) mass is 606 g/mol. The number of hydrazone groups is 1. The summed E-state index contributed by atoms with van der Waals surface area (Å²) < 4.78 is 25.0. The maximum atomic E-state index is 13.0. The van der Waals surface area contributed by atoms with Crippen LogP contribution in [0.3, 0.4) is 0 Å². The van der Waals surface area contributed by atoms with Crippen molar-refractivity contribution in [3.8, 4) is 11.5 Å². The van der Waals surface area contributed by atoms with E-state index in [-0.39, 0.29) is 17.9 Å². The molecule has 0 atom stereocenters. The number of rotatable bonds is 10. The van der Waals surface area contributed by atoms with Crippen LogP contribution in [0.1, 0.15) is 22.8 Å². The Kier molecular flexibility index (Phi) is 9.27. The molecule has 3 rings (SSSR count).